The molecule has 1 aliphatic heterocycles. The third kappa shape index (κ3) is 4.93. The molecule has 5 nitrogen and oxygen atoms in total. The Kier molecular flexibility index (Phi) is 5.85. The van der Waals surface area contributed by atoms with Gasteiger partial charge in [-0.3, -0.25) is 4.79 Å². The number of benzene rings is 2. The molecule has 0 atom stereocenters. The van der Waals surface area contributed by atoms with Crippen molar-refractivity contribution >= 4 is 17.3 Å². The SMILES string of the molecule is O=C(CCOc1ccc(F)cc1)Nc1ccccc1N1CCOCC1. The third-order valence-corrected chi connectivity index (χ3v) is 3.94. The number of morpholine rings is 1. The molecule has 0 unspecified atom stereocenters. The number of nitrogens with zero attached hydrogens (tertiary/aromatic N) is 1. The lowest BCUT2D eigenvalue weighted by molar-refractivity contribution is -0.116. The zero-order valence-corrected chi connectivity index (χ0v) is 13.9. The summed E-state index contributed by atoms with van der Waals surface area (Å²) in [5.74, 6) is 0.107. The van der Waals surface area contributed by atoms with Crippen LogP contribution in [0.1, 0.15) is 6.42 Å². The van der Waals surface area contributed by atoms with Crippen molar-refractivity contribution in [3.05, 3.63) is 54.3 Å². The van der Waals surface area contributed by atoms with Gasteiger partial charge in [0, 0.05) is 13.1 Å². The van der Waals surface area contributed by atoms with Crippen LogP contribution >= 0.6 is 0 Å². The van der Waals surface area contributed by atoms with Crippen molar-refractivity contribution in [1.82, 2.24) is 0 Å². The summed E-state index contributed by atoms with van der Waals surface area (Å²) in [7, 11) is 0. The first-order chi connectivity index (χ1) is 12.2. The minimum Gasteiger partial charge on any atom is -0.493 e. The number of nitrogens with one attached hydrogen (secondary N) is 1. The first-order valence-electron chi connectivity index (χ1n) is 8.32. The highest BCUT2D eigenvalue weighted by molar-refractivity contribution is 5.94. The molecule has 3 rings (SSSR count). The Hall–Kier alpha value is -2.60. The maximum atomic E-state index is 12.8. The molecular weight excluding hydrogens is 323 g/mol. The summed E-state index contributed by atoms with van der Waals surface area (Å²) in [4.78, 5) is 14.4. The van der Waals surface area contributed by atoms with Crippen LogP contribution in [0.15, 0.2) is 48.5 Å². The lowest BCUT2D eigenvalue weighted by atomic mass is 10.2. The van der Waals surface area contributed by atoms with Gasteiger partial charge < -0.3 is 19.7 Å². The highest BCUT2D eigenvalue weighted by atomic mass is 19.1. The number of carbonyl (C=O) groups is 1. The average Bonchev–Trinajstić information content (AvgIpc) is 2.64. The highest BCUT2D eigenvalue weighted by Gasteiger charge is 2.15. The predicted molar refractivity (Wildman–Crippen MR) is 94.6 cm³/mol. The number of para-hydroxylation sites is 2. The molecule has 25 heavy (non-hydrogen) atoms. The molecule has 0 aromatic heterocycles. The van der Waals surface area contributed by atoms with Gasteiger partial charge in [-0.05, 0) is 36.4 Å². The van der Waals surface area contributed by atoms with E-state index in [1.807, 2.05) is 24.3 Å². The lowest BCUT2D eigenvalue weighted by Crippen LogP contribution is -2.36. The standard InChI is InChI=1S/C19H21FN2O3/c20-15-5-7-16(8-6-15)25-12-9-19(23)21-17-3-1-2-4-18(17)22-10-13-24-14-11-22/h1-8H,9-14H2,(H,21,23). The molecule has 0 bridgehead atoms. The second-order valence-corrected chi connectivity index (χ2v) is 5.72. The molecule has 1 amide bonds. The van der Waals surface area contributed by atoms with Gasteiger partial charge >= 0.3 is 0 Å². The van der Waals surface area contributed by atoms with Crippen LogP contribution in [0.25, 0.3) is 0 Å². The molecule has 0 saturated carbocycles. The van der Waals surface area contributed by atoms with E-state index in [1.54, 1.807) is 12.1 Å². The number of amides is 1. The number of hydrogen-bond donors (Lipinski definition) is 1. The second-order valence-electron chi connectivity index (χ2n) is 5.72. The molecule has 1 N–H and O–H groups in total. The van der Waals surface area contributed by atoms with Gasteiger partial charge in [0.2, 0.25) is 5.91 Å². The fraction of sp³-hybridized carbons (Fsp3) is 0.316. The largest absolute Gasteiger partial charge is 0.493 e. The number of hydrogen-bond acceptors (Lipinski definition) is 4. The van der Waals surface area contributed by atoms with Crippen molar-refractivity contribution in [2.75, 3.05) is 43.1 Å². The van der Waals surface area contributed by atoms with Gasteiger partial charge in [-0.1, -0.05) is 12.1 Å². The molecule has 0 aliphatic carbocycles. The van der Waals surface area contributed by atoms with E-state index in [4.69, 9.17) is 9.47 Å². The zero-order valence-electron chi connectivity index (χ0n) is 13.9. The fourth-order valence-corrected chi connectivity index (χ4v) is 2.66. The van der Waals surface area contributed by atoms with E-state index in [0.717, 1.165) is 24.5 Å². The maximum absolute atomic E-state index is 12.8. The Balaban J connectivity index is 1.53. The van der Waals surface area contributed by atoms with E-state index in [0.29, 0.717) is 19.0 Å². The van der Waals surface area contributed by atoms with Gasteiger partial charge in [-0.15, -0.1) is 0 Å². The summed E-state index contributed by atoms with van der Waals surface area (Å²) < 4.78 is 23.7. The summed E-state index contributed by atoms with van der Waals surface area (Å²) in [6.07, 6.45) is 0.217. The molecule has 0 spiro atoms. The highest BCUT2D eigenvalue weighted by Crippen LogP contribution is 2.26. The van der Waals surface area contributed by atoms with Crippen molar-refractivity contribution in [1.29, 1.82) is 0 Å². The van der Waals surface area contributed by atoms with E-state index in [-0.39, 0.29) is 24.8 Å². The van der Waals surface area contributed by atoms with Crippen molar-refractivity contribution < 1.29 is 18.7 Å². The summed E-state index contributed by atoms with van der Waals surface area (Å²) >= 11 is 0. The number of carbonyl (C=O) groups excluding carboxylic acids is 1. The topological polar surface area (TPSA) is 50.8 Å². The average molecular weight is 344 g/mol. The van der Waals surface area contributed by atoms with Gasteiger partial charge in [0.05, 0.1) is 37.6 Å². The van der Waals surface area contributed by atoms with Crippen molar-refractivity contribution in [3.63, 3.8) is 0 Å². The quantitative estimate of drug-likeness (QED) is 0.875. The van der Waals surface area contributed by atoms with Gasteiger partial charge in [-0.25, -0.2) is 4.39 Å². The van der Waals surface area contributed by atoms with E-state index in [1.165, 1.54) is 12.1 Å². The molecule has 132 valence electrons. The van der Waals surface area contributed by atoms with Gasteiger partial charge in [0.15, 0.2) is 0 Å². The Morgan fingerprint density at radius 2 is 1.84 bits per heavy atom. The molecule has 0 radical (unpaired) electrons. The smallest absolute Gasteiger partial charge is 0.227 e. The minimum atomic E-state index is -0.315. The maximum Gasteiger partial charge on any atom is 0.227 e. The third-order valence-electron chi connectivity index (χ3n) is 3.94. The monoisotopic (exact) mass is 344 g/mol. The normalized spacial score (nSPS) is 14.2. The molecular formula is C19H21FN2O3. The number of ether oxygens (including phenoxy) is 2. The molecule has 1 fully saturated rings. The first kappa shape index (κ1) is 17.2. The summed E-state index contributed by atoms with van der Waals surface area (Å²) in [5.41, 5.74) is 1.79. The number of rotatable bonds is 6. The summed E-state index contributed by atoms with van der Waals surface area (Å²) in [5, 5.41) is 2.94. The number of anilines is 2. The van der Waals surface area contributed by atoms with E-state index in [2.05, 4.69) is 10.2 Å². The Morgan fingerprint density at radius 3 is 2.60 bits per heavy atom. The van der Waals surface area contributed by atoms with E-state index in [9.17, 15) is 9.18 Å². The lowest BCUT2D eigenvalue weighted by Gasteiger charge is -2.30. The fourth-order valence-electron chi connectivity index (χ4n) is 2.66. The Bertz CT molecular complexity index is 700. The molecule has 1 saturated heterocycles. The van der Waals surface area contributed by atoms with Gasteiger partial charge in [-0.2, -0.15) is 0 Å². The molecule has 1 aliphatic rings. The Morgan fingerprint density at radius 1 is 1.12 bits per heavy atom. The minimum absolute atomic E-state index is 0.122. The molecule has 1 heterocycles. The molecule has 2 aromatic rings. The van der Waals surface area contributed by atoms with Crippen LogP contribution in [0, 0.1) is 5.82 Å². The molecule has 2 aromatic carbocycles. The van der Waals surface area contributed by atoms with Crippen LogP contribution in [0.4, 0.5) is 15.8 Å². The van der Waals surface area contributed by atoms with Crippen LogP contribution in [0.2, 0.25) is 0 Å². The number of halogens is 1. The van der Waals surface area contributed by atoms with Crippen LogP contribution in [0.5, 0.6) is 5.75 Å². The van der Waals surface area contributed by atoms with Crippen LogP contribution in [-0.2, 0) is 9.53 Å². The van der Waals surface area contributed by atoms with E-state index < -0.39 is 0 Å². The zero-order chi connectivity index (χ0) is 17.5. The van der Waals surface area contributed by atoms with Gasteiger partial charge in [0.1, 0.15) is 11.6 Å². The van der Waals surface area contributed by atoms with Crippen molar-refractivity contribution in [2.45, 2.75) is 6.42 Å². The Labute approximate surface area is 146 Å². The van der Waals surface area contributed by atoms with Crippen LogP contribution in [0.3, 0.4) is 0 Å². The summed E-state index contributed by atoms with van der Waals surface area (Å²) in [6, 6.07) is 13.5. The summed E-state index contributed by atoms with van der Waals surface area (Å²) in [6.45, 7) is 3.22. The van der Waals surface area contributed by atoms with Crippen LogP contribution in [-0.4, -0.2) is 38.8 Å². The van der Waals surface area contributed by atoms with E-state index >= 15 is 0 Å². The predicted octanol–water partition coefficient (Wildman–Crippen LogP) is 3.07. The molecule has 6 heteroatoms. The first-order valence-corrected chi connectivity index (χ1v) is 8.32. The second kappa shape index (κ2) is 8.48. The van der Waals surface area contributed by atoms with Crippen molar-refractivity contribution in [2.24, 2.45) is 0 Å². The van der Waals surface area contributed by atoms with Gasteiger partial charge in [0.25, 0.3) is 0 Å². The van der Waals surface area contributed by atoms with Crippen molar-refractivity contribution in [3.8, 4) is 5.75 Å². The van der Waals surface area contributed by atoms with Crippen LogP contribution < -0.4 is 15.0 Å².